The van der Waals surface area contributed by atoms with Crippen LogP contribution in [0.25, 0.3) is 33.3 Å². The molecule has 1 N–H and O–H groups in total. The second-order valence-corrected chi connectivity index (χ2v) is 7.56. The Kier molecular flexibility index (Phi) is 3.03. The number of rotatable bonds is 1. The summed E-state index contributed by atoms with van der Waals surface area (Å²) in [6, 6.07) is 9.43. The van der Waals surface area contributed by atoms with Crippen LogP contribution in [0.15, 0.2) is 45.8 Å². The second-order valence-electron chi connectivity index (χ2n) is 7.56. The zero-order valence-electron chi connectivity index (χ0n) is 15.6. The average Bonchev–Trinajstić information content (AvgIpc) is 3.34. The highest BCUT2D eigenvalue weighted by Crippen LogP contribution is 2.39. The lowest BCUT2D eigenvalue weighted by atomic mass is 9.86. The van der Waals surface area contributed by atoms with Crippen molar-refractivity contribution in [1.82, 2.24) is 9.55 Å². The van der Waals surface area contributed by atoms with E-state index in [0.717, 1.165) is 27.4 Å². The Bertz CT molecular complexity index is 1430. The van der Waals surface area contributed by atoms with Crippen molar-refractivity contribution in [2.45, 2.75) is 32.1 Å². The van der Waals surface area contributed by atoms with Gasteiger partial charge in [-0.15, -0.1) is 0 Å². The Morgan fingerprint density at radius 1 is 1.21 bits per heavy atom. The number of benzene rings is 1. The van der Waals surface area contributed by atoms with E-state index in [9.17, 15) is 14.7 Å². The third kappa shape index (κ3) is 1.97. The van der Waals surface area contributed by atoms with Gasteiger partial charge in [-0.05, 0) is 36.8 Å². The van der Waals surface area contributed by atoms with Gasteiger partial charge in [0.15, 0.2) is 5.60 Å². The van der Waals surface area contributed by atoms with Crippen molar-refractivity contribution in [3.8, 4) is 11.4 Å². The van der Waals surface area contributed by atoms with Crippen molar-refractivity contribution in [1.29, 1.82) is 0 Å². The fraction of sp³-hybridized carbons (Fsp3) is 0.227. The van der Waals surface area contributed by atoms with Crippen molar-refractivity contribution in [2.75, 3.05) is 0 Å². The van der Waals surface area contributed by atoms with Crippen molar-refractivity contribution in [3.05, 3.63) is 63.6 Å². The molecule has 0 bridgehead atoms. The molecule has 7 nitrogen and oxygen atoms in total. The third-order valence-electron chi connectivity index (χ3n) is 6.12. The van der Waals surface area contributed by atoms with Gasteiger partial charge in [0.2, 0.25) is 0 Å². The van der Waals surface area contributed by atoms with Crippen LogP contribution in [0.3, 0.4) is 0 Å². The molecule has 2 aliphatic rings. The number of fused-ring (bicyclic) bond motifs is 7. The first-order valence-electron chi connectivity index (χ1n) is 9.48. The summed E-state index contributed by atoms with van der Waals surface area (Å²) in [6.45, 7) is 1.94. The number of hydrogen-bond donors (Lipinski definition) is 1. The molecule has 7 heteroatoms. The SMILES string of the molecule is CC[C@@]1(O)C(=O)OCc2c1cc1n(c2=O)Cc2cc3c(ccc4occc43)nc2-1. The van der Waals surface area contributed by atoms with Gasteiger partial charge in [0.05, 0.1) is 35.3 Å². The molecule has 29 heavy (non-hydrogen) atoms. The highest BCUT2D eigenvalue weighted by Gasteiger charge is 2.45. The second kappa shape index (κ2) is 5.33. The minimum Gasteiger partial charge on any atom is -0.464 e. The Balaban J connectivity index is 1.65. The Morgan fingerprint density at radius 2 is 2.07 bits per heavy atom. The van der Waals surface area contributed by atoms with E-state index >= 15 is 0 Å². The van der Waals surface area contributed by atoms with E-state index in [1.807, 2.05) is 24.3 Å². The number of pyridine rings is 2. The van der Waals surface area contributed by atoms with Gasteiger partial charge in [-0.25, -0.2) is 9.78 Å². The third-order valence-corrected chi connectivity index (χ3v) is 6.12. The minimum absolute atomic E-state index is 0.123. The molecule has 144 valence electrons. The molecule has 3 aromatic heterocycles. The van der Waals surface area contributed by atoms with Gasteiger partial charge >= 0.3 is 5.97 Å². The molecule has 0 saturated carbocycles. The molecule has 4 aromatic rings. The highest BCUT2D eigenvalue weighted by molar-refractivity contribution is 6.05. The van der Waals surface area contributed by atoms with Crippen LogP contribution in [-0.2, 0) is 28.3 Å². The zero-order valence-corrected chi connectivity index (χ0v) is 15.6. The molecule has 0 aliphatic carbocycles. The minimum atomic E-state index is -1.81. The monoisotopic (exact) mass is 388 g/mol. The molecule has 2 aliphatic heterocycles. The number of carbonyl (C=O) groups excluding carboxylic acids is 1. The summed E-state index contributed by atoms with van der Waals surface area (Å²) in [7, 11) is 0. The summed E-state index contributed by atoms with van der Waals surface area (Å²) in [5.74, 6) is -0.719. The number of nitrogens with zero attached hydrogens (tertiary/aromatic N) is 2. The van der Waals surface area contributed by atoms with Crippen molar-refractivity contribution >= 4 is 27.8 Å². The van der Waals surface area contributed by atoms with E-state index in [0.29, 0.717) is 29.1 Å². The van der Waals surface area contributed by atoms with Gasteiger partial charge in [-0.2, -0.15) is 0 Å². The van der Waals surface area contributed by atoms with Crippen LogP contribution in [0.2, 0.25) is 0 Å². The number of hydrogen-bond acceptors (Lipinski definition) is 6. The summed E-state index contributed by atoms with van der Waals surface area (Å²) in [5, 5.41) is 12.9. The van der Waals surface area contributed by atoms with Gasteiger partial charge in [0, 0.05) is 21.9 Å². The van der Waals surface area contributed by atoms with Gasteiger partial charge < -0.3 is 18.8 Å². The largest absolute Gasteiger partial charge is 0.464 e. The average molecular weight is 388 g/mol. The fourth-order valence-corrected chi connectivity index (χ4v) is 4.50. The molecule has 0 unspecified atom stereocenters. The van der Waals surface area contributed by atoms with E-state index in [2.05, 4.69) is 0 Å². The van der Waals surface area contributed by atoms with Crippen LogP contribution in [0.1, 0.15) is 30.0 Å². The van der Waals surface area contributed by atoms with Crippen LogP contribution in [0.5, 0.6) is 0 Å². The van der Waals surface area contributed by atoms with Gasteiger partial charge in [0.25, 0.3) is 5.56 Å². The first-order chi connectivity index (χ1) is 14.0. The lowest BCUT2D eigenvalue weighted by Gasteiger charge is -2.31. The fourth-order valence-electron chi connectivity index (χ4n) is 4.50. The molecule has 0 spiro atoms. The Labute approximate surface area is 164 Å². The topological polar surface area (TPSA) is 94.6 Å². The van der Waals surface area contributed by atoms with E-state index in [1.165, 1.54) is 0 Å². The summed E-state index contributed by atoms with van der Waals surface area (Å²) in [6.07, 6.45) is 1.77. The standard InChI is InChI=1S/C22H16N2O5/c1-2-22(27)15-8-17-19-11(9-24(17)20(25)14(15)10-29-21(22)26)7-13-12-5-6-28-18(12)4-3-16(13)23-19/h3-8,27H,2,9-10H2,1H3/t22-/m0/s1. The number of carbonyl (C=O) groups is 1. The first-order valence-corrected chi connectivity index (χ1v) is 9.48. The van der Waals surface area contributed by atoms with Gasteiger partial charge in [-0.1, -0.05) is 6.92 Å². The lowest BCUT2D eigenvalue weighted by molar-refractivity contribution is -0.172. The number of ether oxygens (including phenoxy) is 1. The molecule has 0 radical (unpaired) electrons. The predicted molar refractivity (Wildman–Crippen MR) is 104 cm³/mol. The molecule has 6 rings (SSSR count). The number of cyclic esters (lactones) is 1. The van der Waals surface area contributed by atoms with E-state index in [1.54, 1.807) is 23.8 Å². The number of aliphatic hydroxyl groups is 1. The lowest BCUT2D eigenvalue weighted by Crippen LogP contribution is -2.44. The normalized spacial score (nSPS) is 19.9. The maximum absolute atomic E-state index is 13.2. The Hall–Kier alpha value is -3.45. The summed E-state index contributed by atoms with van der Waals surface area (Å²) in [4.78, 5) is 30.2. The van der Waals surface area contributed by atoms with Crippen LogP contribution >= 0.6 is 0 Å². The highest BCUT2D eigenvalue weighted by atomic mass is 16.6. The quantitative estimate of drug-likeness (QED) is 0.444. The van der Waals surface area contributed by atoms with Crippen molar-refractivity contribution in [3.63, 3.8) is 0 Å². The number of aromatic nitrogens is 2. The zero-order chi connectivity index (χ0) is 19.9. The predicted octanol–water partition coefficient (Wildman–Crippen LogP) is 2.83. The molecule has 1 atom stereocenters. The van der Waals surface area contributed by atoms with Gasteiger partial charge in [0.1, 0.15) is 12.2 Å². The van der Waals surface area contributed by atoms with Crippen LogP contribution in [-0.4, -0.2) is 20.6 Å². The van der Waals surface area contributed by atoms with Crippen LogP contribution in [0, 0.1) is 0 Å². The molecule has 0 amide bonds. The number of esters is 1. The van der Waals surface area contributed by atoms with Crippen molar-refractivity contribution in [2.24, 2.45) is 0 Å². The molecular weight excluding hydrogens is 372 g/mol. The molecule has 5 heterocycles. The smallest absolute Gasteiger partial charge is 0.343 e. The summed E-state index contributed by atoms with van der Waals surface area (Å²) >= 11 is 0. The molecule has 0 saturated heterocycles. The molecular formula is C22H16N2O5. The first kappa shape index (κ1) is 16.5. The maximum atomic E-state index is 13.2. The molecule has 0 fully saturated rings. The van der Waals surface area contributed by atoms with E-state index < -0.39 is 11.6 Å². The van der Waals surface area contributed by atoms with E-state index in [-0.39, 0.29) is 18.6 Å². The number of furan rings is 1. The van der Waals surface area contributed by atoms with E-state index in [4.69, 9.17) is 14.1 Å². The Morgan fingerprint density at radius 3 is 2.90 bits per heavy atom. The molecule has 1 aromatic carbocycles. The van der Waals surface area contributed by atoms with Crippen LogP contribution in [0.4, 0.5) is 0 Å². The summed E-state index contributed by atoms with van der Waals surface area (Å²) < 4.78 is 12.2. The van der Waals surface area contributed by atoms with Gasteiger partial charge in [-0.3, -0.25) is 4.79 Å². The maximum Gasteiger partial charge on any atom is 0.343 e. The summed E-state index contributed by atoms with van der Waals surface area (Å²) in [5.41, 5.74) is 2.38. The van der Waals surface area contributed by atoms with Crippen molar-refractivity contribution < 1.29 is 19.1 Å². The van der Waals surface area contributed by atoms with Crippen LogP contribution < -0.4 is 5.56 Å².